The fourth-order valence-electron chi connectivity index (χ4n) is 3.83. The molecule has 1 saturated heterocycles. The van der Waals surface area contributed by atoms with E-state index in [1.807, 2.05) is 35.2 Å². The standard InChI is InChI=1S/C23H30N2O2/c1-19-17-24(23(26)14-16-27-22-11-7-4-8-12-22)18-20(2)25(19)15-13-21-9-5-3-6-10-21/h3-12,19-20H,13-18H2,1-2H3. The summed E-state index contributed by atoms with van der Waals surface area (Å²) in [4.78, 5) is 17.1. The van der Waals surface area contributed by atoms with Crippen molar-refractivity contribution in [3.8, 4) is 5.75 Å². The third kappa shape index (κ3) is 5.57. The molecular weight excluding hydrogens is 336 g/mol. The van der Waals surface area contributed by atoms with Crippen molar-refractivity contribution in [3.63, 3.8) is 0 Å². The average Bonchev–Trinajstić information content (AvgIpc) is 2.69. The minimum absolute atomic E-state index is 0.187. The number of rotatable bonds is 7. The molecule has 0 N–H and O–H groups in total. The Balaban J connectivity index is 1.45. The molecule has 0 aromatic heterocycles. The van der Waals surface area contributed by atoms with E-state index in [0.29, 0.717) is 25.1 Å². The van der Waals surface area contributed by atoms with E-state index in [9.17, 15) is 4.79 Å². The van der Waals surface area contributed by atoms with Crippen molar-refractivity contribution in [3.05, 3.63) is 66.2 Å². The van der Waals surface area contributed by atoms with Crippen LogP contribution in [0.3, 0.4) is 0 Å². The van der Waals surface area contributed by atoms with Crippen molar-refractivity contribution >= 4 is 5.91 Å². The lowest BCUT2D eigenvalue weighted by atomic mass is 10.1. The Hall–Kier alpha value is -2.33. The highest BCUT2D eigenvalue weighted by molar-refractivity contribution is 5.76. The first-order valence-corrected chi connectivity index (χ1v) is 9.89. The zero-order valence-electron chi connectivity index (χ0n) is 16.4. The number of hydrogen-bond acceptors (Lipinski definition) is 3. The lowest BCUT2D eigenvalue weighted by molar-refractivity contribution is -0.136. The topological polar surface area (TPSA) is 32.8 Å². The van der Waals surface area contributed by atoms with E-state index in [-0.39, 0.29) is 5.91 Å². The van der Waals surface area contributed by atoms with E-state index < -0.39 is 0 Å². The number of amides is 1. The molecule has 1 fully saturated rings. The first-order chi connectivity index (χ1) is 13.1. The molecule has 2 unspecified atom stereocenters. The number of nitrogens with zero attached hydrogens (tertiary/aromatic N) is 2. The van der Waals surface area contributed by atoms with Gasteiger partial charge in [0, 0.05) is 31.7 Å². The lowest BCUT2D eigenvalue weighted by Crippen LogP contribution is -2.58. The quantitative estimate of drug-likeness (QED) is 0.750. The normalized spacial score (nSPS) is 20.4. The molecule has 1 heterocycles. The highest BCUT2D eigenvalue weighted by atomic mass is 16.5. The molecule has 2 aromatic carbocycles. The first-order valence-electron chi connectivity index (χ1n) is 9.89. The lowest BCUT2D eigenvalue weighted by Gasteiger charge is -2.44. The predicted molar refractivity (Wildman–Crippen MR) is 109 cm³/mol. The van der Waals surface area contributed by atoms with Crippen LogP contribution >= 0.6 is 0 Å². The molecule has 2 aromatic rings. The van der Waals surface area contributed by atoms with E-state index in [2.05, 4.69) is 49.1 Å². The van der Waals surface area contributed by atoms with Gasteiger partial charge in [0.25, 0.3) is 0 Å². The van der Waals surface area contributed by atoms with Crippen molar-refractivity contribution in [1.29, 1.82) is 0 Å². The largest absolute Gasteiger partial charge is 0.493 e. The number of hydrogen-bond donors (Lipinski definition) is 0. The SMILES string of the molecule is CC1CN(C(=O)CCOc2ccccc2)CC(C)N1CCc1ccccc1. The maximum atomic E-state index is 12.6. The molecule has 27 heavy (non-hydrogen) atoms. The second kappa shape index (κ2) is 9.56. The molecule has 1 amide bonds. The molecular formula is C23H30N2O2. The van der Waals surface area contributed by atoms with Crippen LogP contribution in [0, 0.1) is 0 Å². The summed E-state index contributed by atoms with van der Waals surface area (Å²) in [5, 5.41) is 0. The van der Waals surface area contributed by atoms with Crippen LogP contribution in [0.5, 0.6) is 5.75 Å². The molecule has 1 aliphatic heterocycles. The van der Waals surface area contributed by atoms with E-state index >= 15 is 0 Å². The van der Waals surface area contributed by atoms with Crippen LogP contribution in [0.15, 0.2) is 60.7 Å². The van der Waals surface area contributed by atoms with Crippen LogP contribution in [0.2, 0.25) is 0 Å². The summed E-state index contributed by atoms with van der Waals surface area (Å²) in [7, 11) is 0. The van der Waals surface area contributed by atoms with Gasteiger partial charge < -0.3 is 9.64 Å². The highest BCUT2D eigenvalue weighted by Gasteiger charge is 2.31. The number of para-hydroxylation sites is 1. The van der Waals surface area contributed by atoms with Crippen LogP contribution in [0.25, 0.3) is 0 Å². The van der Waals surface area contributed by atoms with Crippen molar-refractivity contribution in [1.82, 2.24) is 9.80 Å². The third-order valence-corrected chi connectivity index (χ3v) is 5.28. The van der Waals surface area contributed by atoms with Gasteiger partial charge in [-0.2, -0.15) is 0 Å². The summed E-state index contributed by atoms with van der Waals surface area (Å²) in [6.45, 7) is 7.50. The molecule has 0 spiro atoms. The molecule has 1 aliphatic rings. The van der Waals surface area contributed by atoms with Crippen LogP contribution in [0.4, 0.5) is 0 Å². The second-order valence-electron chi connectivity index (χ2n) is 7.38. The van der Waals surface area contributed by atoms with E-state index in [4.69, 9.17) is 4.74 Å². The smallest absolute Gasteiger partial charge is 0.226 e. The van der Waals surface area contributed by atoms with Crippen LogP contribution in [0.1, 0.15) is 25.8 Å². The molecule has 144 valence electrons. The highest BCUT2D eigenvalue weighted by Crippen LogP contribution is 2.18. The number of carbonyl (C=O) groups excluding carboxylic acids is 1. The number of benzene rings is 2. The molecule has 4 heteroatoms. The fraction of sp³-hybridized carbons (Fsp3) is 0.435. The molecule has 2 atom stereocenters. The van der Waals surface area contributed by atoms with Crippen molar-refractivity contribution in [2.24, 2.45) is 0 Å². The van der Waals surface area contributed by atoms with Gasteiger partial charge in [0.15, 0.2) is 0 Å². The Morgan fingerprint density at radius 3 is 2.19 bits per heavy atom. The van der Waals surface area contributed by atoms with Crippen molar-refractivity contribution in [2.75, 3.05) is 26.2 Å². The predicted octanol–water partition coefficient (Wildman–Crippen LogP) is 3.62. The van der Waals surface area contributed by atoms with Gasteiger partial charge in [-0.05, 0) is 38.0 Å². The maximum absolute atomic E-state index is 12.6. The second-order valence-corrected chi connectivity index (χ2v) is 7.38. The summed E-state index contributed by atoms with van der Waals surface area (Å²) >= 11 is 0. The maximum Gasteiger partial charge on any atom is 0.226 e. The Labute approximate surface area is 162 Å². The Bertz CT molecular complexity index is 693. The van der Waals surface area contributed by atoms with Gasteiger partial charge in [0.2, 0.25) is 5.91 Å². The van der Waals surface area contributed by atoms with Crippen molar-refractivity contribution in [2.45, 2.75) is 38.8 Å². The Morgan fingerprint density at radius 1 is 0.963 bits per heavy atom. The van der Waals surface area contributed by atoms with Crippen LogP contribution in [-0.2, 0) is 11.2 Å². The number of ether oxygens (including phenoxy) is 1. The van der Waals surface area contributed by atoms with E-state index in [1.54, 1.807) is 0 Å². The molecule has 4 nitrogen and oxygen atoms in total. The van der Waals surface area contributed by atoms with Gasteiger partial charge in [0.1, 0.15) is 5.75 Å². The summed E-state index contributed by atoms with van der Waals surface area (Å²) < 4.78 is 5.67. The summed E-state index contributed by atoms with van der Waals surface area (Å²) in [5.41, 5.74) is 1.37. The van der Waals surface area contributed by atoms with Gasteiger partial charge >= 0.3 is 0 Å². The van der Waals surface area contributed by atoms with E-state index in [0.717, 1.165) is 31.8 Å². The van der Waals surface area contributed by atoms with Crippen molar-refractivity contribution < 1.29 is 9.53 Å². The fourth-order valence-corrected chi connectivity index (χ4v) is 3.83. The first kappa shape index (κ1) is 19.4. The molecule has 0 saturated carbocycles. The zero-order valence-corrected chi connectivity index (χ0v) is 16.4. The molecule has 0 bridgehead atoms. The molecule has 0 radical (unpaired) electrons. The third-order valence-electron chi connectivity index (χ3n) is 5.28. The summed E-state index contributed by atoms with van der Waals surface area (Å²) in [5.74, 6) is 1.00. The number of piperazine rings is 1. The summed E-state index contributed by atoms with van der Waals surface area (Å²) in [6, 6.07) is 21.0. The minimum atomic E-state index is 0.187. The van der Waals surface area contributed by atoms with Crippen LogP contribution in [-0.4, -0.2) is 54.0 Å². The minimum Gasteiger partial charge on any atom is -0.493 e. The van der Waals surface area contributed by atoms with Gasteiger partial charge in [-0.1, -0.05) is 48.5 Å². The molecule has 3 rings (SSSR count). The van der Waals surface area contributed by atoms with Gasteiger partial charge in [-0.15, -0.1) is 0 Å². The van der Waals surface area contributed by atoms with Gasteiger partial charge in [-0.25, -0.2) is 0 Å². The van der Waals surface area contributed by atoms with Gasteiger partial charge in [0.05, 0.1) is 13.0 Å². The monoisotopic (exact) mass is 366 g/mol. The average molecular weight is 367 g/mol. The van der Waals surface area contributed by atoms with Gasteiger partial charge in [-0.3, -0.25) is 9.69 Å². The van der Waals surface area contributed by atoms with E-state index in [1.165, 1.54) is 5.56 Å². The Morgan fingerprint density at radius 2 is 1.56 bits per heavy atom. The molecule has 0 aliphatic carbocycles. The Kier molecular flexibility index (Phi) is 6.88. The number of carbonyl (C=O) groups is 1. The summed E-state index contributed by atoms with van der Waals surface area (Å²) in [6.07, 6.45) is 1.48. The zero-order chi connectivity index (χ0) is 19.1. The van der Waals surface area contributed by atoms with Crippen LogP contribution < -0.4 is 4.74 Å².